The number of rotatable bonds is 0. The van der Waals surface area contributed by atoms with Crippen molar-refractivity contribution < 1.29 is 9.53 Å². The fourth-order valence-corrected chi connectivity index (χ4v) is 4.30. The molecule has 4 nitrogen and oxygen atoms in total. The highest BCUT2D eigenvalue weighted by Crippen LogP contribution is 2.47. The minimum Gasteiger partial charge on any atom is -0.488 e. The van der Waals surface area contributed by atoms with Crippen molar-refractivity contribution in [3.8, 4) is 16.9 Å². The van der Waals surface area contributed by atoms with Gasteiger partial charge in [-0.25, -0.2) is 0 Å². The van der Waals surface area contributed by atoms with E-state index in [4.69, 9.17) is 4.74 Å². The van der Waals surface area contributed by atoms with Gasteiger partial charge in [-0.15, -0.1) is 0 Å². The van der Waals surface area contributed by atoms with Crippen LogP contribution < -0.4 is 10.1 Å². The van der Waals surface area contributed by atoms with Crippen molar-refractivity contribution >= 4 is 27.7 Å². The lowest BCUT2D eigenvalue weighted by Gasteiger charge is -2.23. The van der Waals surface area contributed by atoms with Crippen LogP contribution in [-0.4, -0.2) is 10.9 Å². The first kappa shape index (κ1) is 13.1. The number of benzene rings is 3. The largest absolute Gasteiger partial charge is 0.488 e. The van der Waals surface area contributed by atoms with Gasteiger partial charge in [0, 0.05) is 39.5 Å². The third kappa shape index (κ3) is 1.54. The Balaban J connectivity index is 1.89. The summed E-state index contributed by atoms with van der Waals surface area (Å²) in [7, 11) is 0. The molecular formula is C21H14N2O2. The number of hydrogen-bond donors (Lipinski definition) is 2. The summed E-state index contributed by atoms with van der Waals surface area (Å²) in [6.07, 6.45) is 0. The minimum absolute atomic E-state index is 0.00594. The Labute approximate surface area is 143 Å². The maximum atomic E-state index is 12.6. The molecule has 120 valence electrons. The number of para-hydroxylation sites is 2. The molecule has 0 saturated heterocycles. The maximum absolute atomic E-state index is 12.6. The van der Waals surface area contributed by atoms with Crippen LogP contribution >= 0.6 is 0 Å². The zero-order valence-electron chi connectivity index (χ0n) is 13.3. The monoisotopic (exact) mass is 326 g/mol. The van der Waals surface area contributed by atoms with Gasteiger partial charge in [0.15, 0.2) is 0 Å². The molecule has 3 heterocycles. The van der Waals surface area contributed by atoms with E-state index >= 15 is 0 Å². The van der Waals surface area contributed by atoms with Gasteiger partial charge in [-0.05, 0) is 17.7 Å². The molecule has 0 bridgehead atoms. The average molecular weight is 326 g/mol. The Morgan fingerprint density at radius 1 is 0.920 bits per heavy atom. The van der Waals surface area contributed by atoms with Crippen molar-refractivity contribution in [1.29, 1.82) is 0 Å². The first-order chi connectivity index (χ1) is 12.3. The molecule has 2 N–H and O–H groups in total. The zero-order chi connectivity index (χ0) is 16.5. The van der Waals surface area contributed by atoms with Crippen LogP contribution in [0.1, 0.15) is 21.5 Å². The Hall–Kier alpha value is -3.27. The normalized spacial score (nSPS) is 14.8. The minimum atomic E-state index is 0.00594. The molecule has 4 aromatic rings. The number of fused-ring (bicyclic) bond motifs is 10. The van der Waals surface area contributed by atoms with E-state index in [-0.39, 0.29) is 5.91 Å². The number of aromatic nitrogens is 1. The Bertz CT molecular complexity index is 1220. The molecule has 0 radical (unpaired) electrons. The van der Waals surface area contributed by atoms with E-state index in [2.05, 4.69) is 28.5 Å². The summed E-state index contributed by atoms with van der Waals surface area (Å²) < 4.78 is 5.98. The van der Waals surface area contributed by atoms with Gasteiger partial charge in [0.1, 0.15) is 12.4 Å². The number of aromatic amines is 1. The number of amides is 1. The molecule has 4 heteroatoms. The summed E-state index contributed by atoms with van der Waals surface area (Å²) in [5, 5.41) is 5.12. The Kier molecular flexibility index (Phi) is 2.31. The predicted octanol–water partition coefficient (Wildman–Crippen LogP) is 4.12. The van der Waals surface area contributed by atoms with E-state index in [1.54, 1.807) is 0 Å². The molecule has 1 aromatic heterocycles. The third-order valence-corrected chi connectivity index (χ3v) is 5.36. The molecular weight excluding hydrogens is 312 g/mol. The Morgan fingerprint density at radius 3 is 2.72 bits per heavy atom. The summed E-state index contributed by atoms with van der Waals surface area (Å²) in [4.78, 5) is 16.1. The van der Waals surface area contributed by atoms with Gasteiger partial charge in [0.2, 0.25) is 0 Å². The van der Waals surface area contributed by atoms with Gasteiger partial charge < -0.3 is 15.0 Å². The highest BCUT2D eigenvalue weighted by molar-refractivity contribution is 6.23. The van der Waals surface area contributed by atoms with E-state index in [0.717, 1.165) is 49.8 Å². The Morgan fingerprint density at radius 2 is 1.76 bits per heavy atom. The number of nitrogens with one attached hydrogen (secondary N) is 2. The van der Waals surface area contributed by atoms with Crippen LogP contribution in [0.3, 0.4) is 0 Å². The number of carbonyl (C=O) groups is 1. The quantitative estimate of drug-likeness (QED) is 0.511. The van der Waals surface area contributed by atoms with Gasteiger partial charge in [-0.3, -0.25) is 4.79 Å². The van der Waals surface area contributed by atoms with Crippen molar-refractivity contribution in [3.05, 3.63) is 65.2 Å². The highest BCUT2D eigenvalue weighted by Gasteiger charge is 2.32. The highest BCUT2D eigenvalue weighted by atomic mass is 16.5. The van der Waals surface area contributed by atoms with Gasteiger partial charge in [-0.1, -0.05) is 36.4 Å². The number of H-pyrrole nitrogens is 1. The molecule has 0 aliphatic carbocycles. The summed E-state index contributed by atoms with van der Waals surface area (Å²) in [6, 6.07) is 16.3. The molecule has 0 saturated carbocycles. The van der Waals surface area contributed by atoms with E-state index in [1.165, 1.54) is 5.56 Å². The molecule has 2 aliphatic heterocycles. The lowest BCUT2D eigenvalue weighted by Crippen LogP contribution is -2.12. The van der Waals surface area contributed by atoms with Crippen molar-refractivity contribution in [2.24, 2.45) is 0 Å². The fourth-order valence-electron chi connectivity index (χ4n) is 4.30. The van der Waals surface area contributed by atoms with Crippen LogP contribution in [0.5, 0.6) is 5.75 Å². The number of ether oxygens (including phenoxy) is 1. The lowest BCUT2D eigenvalue weighted by atomic mass is 9.88. The predicted molar refractivity (Wildman–Crippen MR) is 96.7 cm³/mol. The molecule has 6 rings (SSSR count). The number of hydrogen-bond acceptors (Lipinski definition) is 2. The van der Waals surface area contributed by atoms with Crippen LogP contribution in [0, 0.1) is 0 Å². The summed E-state index contributed by atoms with van der Waals surface area (Å²) >= 11 is 0. The summed E-state index contributed by atoms with van der Waals surface area (Å²) in [5.41, 5.74) is 7.33. The topological polar surface area (TPSA) is 54.1 Å². The SMILES string of the molecule is O=C1NCc2c3c(c4[nH]c5ccccc5c4c21)-c1ccccc1OC3. The van der Waals surface area contributed by atoms with Crippen molar-refractivity contribution in [2.75, 3.05) is 0 Å². The smallest absolute Gasteiger partial charge is 0.252 e. The molecule has 25 heavy (non-hydrogen) atoms. The van der Waals surface area contributed by atoms with E-state index in [9.17, 15) is 4.79 Å². The van der Waals surface area contributed by atoms with Gasteiger partial charge >= 0.3 is 0 Å². The number of carbonyl (C=O) groups excluding carboxylic acids is 1. The first-order valence-corrected chi connectivity index (χ1v) is 8.41. The second-order valence-corrected chi connectivity index (χ2v) is 6.60. The van der Waals surface area contributed by atoms with Crippen LogP contribution in [0.25, 0.3) is 32.9 Å². The molecule has 1 amide bonds. The third-order valence-electron chi connectivity index (χ3n) is 5.36. The van der Waals surface area contributed by atoms with Crippen LogP contribution in [0.2, 0.25) is 0 Å². The molecule has 0 unspecified atom stereocenters. The van der Waals surface area contributed by atoms with Crippen LogP contribution in [0.15, 0.2) is 48.5 Å². The zero-order valence-corrected chi connectivity index (χ0v) is 13.3. The molecule has 0 atom stereocenters. The molecule has 3 aromatic carbocycles. The fraction of sp³-hybridized carbons (Fsp3) is 0.0952. The molecule has 2 aliphatic rings. The van der Waals surface area contributed by atoms with E-state index in [0.29, 0.717) is 13.2 Å². The molecule has 0 spiro atoms. The maximum Gasteiger partial charge on any atom is 0.252 e. The van der Waals surface area contributed by atoms with E-state index in [1.807, 2.05) is 30.3 Å². The van der Waals surface area contributed by atoms with Crippen LogP contribution in [0.4, 0.5) is 0 Å². The second kappa shape index (κ2) is 4.42. The van der Waals surface area contributed by atoms with Crippen LogP contribution in [-0.2, 0) is 13.2 Å². The van der Waals surface area contributed by atoms with E-state index < -0.39 is 0 Å². The second-order valence-electron chi connectivity index (χ2n) is 6.60. The van der Waals surface area contributed by atoms with Gasteiger partial charge in [-0.2, -0.15) is 0 Å². The van der Waals surface area contributed by atoms with Gasteiger partial charge in [0.25, 0.3) is 5.91 Å². The van der Waals surface area contributed by atoms with Gasteiger partial charge in [0.05, 0.1) is 11.1 Å². The molecule has 0 fully saturated rings. The van der Waals surface area contributed by atoms with Crippen molar-refractivity contribution in [1.82, 2.24) is 10.3 Å². The summed E-state index contributed by atoms with van der Waals surface area (Å²) in [5.74, 6) is 0.901. The average Bonchev–Trinajstić information content (AvgIpc) is 3.22. The first-order valence-electron chi connectivity index (χ1n) is 8.41. The van der Waals surface area contributed by atoms with Crippen molar-refractivity contribution in [2.45, 2.75) is 13.2 Å². The summed E-state index contributed by atoms with van der Waals surface area (Å²) in [6.45, 7) is 1.06. The van der Waals surface area contributed by atoms with Crippen molar-refractivity contribution in [3.63, 3.8) is 0 Å². The standard InChI is InChI=1S/C21H14N2O2/c24-21-19-13(9-22-21)14-10-25-16-8-4-2-6-12(16)17(14)20-18(19)11-5-1-3-7-15(11)23-20/h1-8,23H,9-10H2,(H,22,24). The lowest BCUT2D eigenvalue weighted by molar-refractivity contribution is 0.0967.